The van der Waals surface area contributed by atoms with E-state index in [2.05, 4.69) is 23.8 Å². The van der Waals surface area contributed by atoms with Crippen molar-refractivity contribution in [2.75, 3.05) is 5.75 Å². The van der Waals surface area contributed by atoms with Gasteiger partial charge in [0.2, 0.25) is 0 Å². The van der Waals surface area contributed by atoms with Crippen LogP contribution in [0.15, 0.2) is 23.6 Å². The van der Waals surface area contributed by atoms with E-state index in [0.717, 1.165) is 10.8 Å². The van der Waals surface area contributed by atoms with Crippen molar-refractivity contribution in [1.82, 2.24) is 9.97 Å². The lowest BCUT2D eigenvalue weighted by molar-refractivity contribution is 0.535. The summed E-state index contributed by atoms with van der Waals surface area (Å²) in [5, 5.41) is 0.943. The third kappa shape index (κ3) is 3.74. The molecular weight excluding hydrogens is 182 g/mol. The minimum Gasteiger partial charge on any atom is -0.327 e. The van der Waals surface area contributed by atoms with Crippen LogP contribution in [0.3, 0.4) is 0 Å². The van der Waals surface area contributed by atoms with Crippen molar-refractivity contribution in [2.45, 2.75) is 24.9 Å². The summed E-state index contributed by atoms with van der Waals surface area (Å²) in [6, 6.07) is 0.229. The van der Waals surface area contributed by atoms with Crippen LogP contribution in [0.1, 0.15) is 13.8 Å². The van der Waals surface area contributed by atoms with Gasteiger partial charge in [-0.25, -0.2) is 4.98 Å². The van der Waals surface area contributed by atoms with E-state index in [1.807, 2.05) is 0 Å². The number of thioether (sulfide) groups is 1. The summed E-state index contributed by atoms with van der Waals surface area (Å²) in [4.78, 5) is 8.14. The van der Waals surface area contributed by atoms with E-state index >= 15 is 0 Å². The Bertz CT molecular complexity index is 238. The Balaban J connectivity index is 2.35. The van der Waals surface area contributed by atoms with Crippen LogP contribution in [0.4, 0.5) is 0 Å². The van der Waals surface area contributed by atoms with E-state index < -0.39 is 0 Å². The van der Waals surface area contributed by atoms with Gasteiger partial charge in [0.15, 0.2) is 0 Å². The molecule has 1 aromatic rings. The average Bonchev–Trinajstić information content (AvgIpc) is 2.15. The maximum Gasteiger partial charge on any atom is 0.114 e. The van der Waals surface area contributed by atoms with Crippen LogP contribution in [0.2, 0.25) is 0 Å². The summed E-state index contributed by atoms with van der Waals surface area (Å²) < 4.78 is 0. The van der Waals surface area contributed by atoms with E-state index in [0.29, 0.717) is 5.92 Å². The van der Waals surface area contributed by atoms with Crippen molar-refractivity contribution >= 4 is 11.8 Å². The molecule has 13 heavy (non-hydrogen) atoms. The summed E-state index contributed by atoms with van der Waals surface area (Å²) in [5.41, 5.74) is 5.90. The lowest BCUT2D eigenvalue weighted by Crippen LogP contribution is -2.28. The molecule has 0 bridgehead atoms. The Labute approximate surface area is 83.2 Å². The number of nitrogens with two attached hydrogens (primary N) is 1. The third-order valence-corrected chi connectivity index (χ3v) is 2.88. The molecule has 4 heteroatoms. The van der Waals surface area contributed by atoms with Gasteiger partial charge in [-0.15, -0.1) is 11.8 Å². The fourth-order valence-corrected chi connectivity index (χ4v) is 1.75. The predicted octanol–water partition coefficient (Wildman–Crippen LogP) is 1.55. The SMILES string of the molecule is CC(C)C(N)CSc1cnccn1. The number of hydrogen-bond donors (Lipinski definition) is 1. The zero-order chi connectivity index (χ0) is 9.68. The van der Waals surface area contributed by atoms with Crippen LogP contribution in [0, 0.1) is 5.92 Å². The van der Waals surface area contributed by atoms with Gasteiger partial charge >= 0.3 is 0 Å². The largest absolute Gasteiger partial charge is 0.327 e. The lowest BCUT2D eigenvalue weighted by atomic mass is 10.1. The highest BCUT2D eigenvalue weighted by molar-refractivity contribution is 7.99. The van der Waals surface area contributed by atoms with Crippen molar-refractivity contribution in [1.29, 1.82) is 0 Å². The maximum atomic E-state index is 5.90. The number of rotatable bonds is 4. The molecule has 1 heterocycles. The summed E-state index contributed by atoms with van der Waals surface area (Å²) in [6.45, 7) is 4.25. The second-order valence-corrected chi connectivity index (χ2v) is 4.30. The second kappa shape index (κ2) is 5.19. The third-order valence-electron chi connectivity index (χ3n) is 1.82. The maximum absolute atomic E-state index is 5.90. The Morgan fingerprint density at radius 1 is 1.46 bits per heavy atom. The molecule has 3 nitrogen and oxygen atoms in total. The van der Waals surface area contributed by atoms with Crippen molar-refractivity contribution in [3.8, 4) is 0 Å². The van der Waals surface area contributed by atoms with Crippen LogP contribution in [-0.4, -0.2) is 21.8 Å². The number of aromatic nitrogens is 2. The minimum absolute atomic E-state index is 0.229. The molecule has 0 radical (unpaired) electrons. The van der Waals surface area contributed by atoms with Crippen LogP contribution in [0.5, 0.6) is 0 Å². The molecule has 0 aliphatic heterocycles. The molecule has 1 unspecified atom stereocenters. The highest BCUT2D eigenvalue weighted by Crippen LogP contribution is 2.15. The summed E-state index contributed by atoms with van der Waals surface area (Å²) in [6.07, 6.45) is 5.13. The van der Waals surface area contributed by atoms with Gasteiger partial charge in [0.25, 0.3) is 0 Å². The fraction of sp³-hybridized carbons (Fsp3) is 0.556. The Kier molecular flexibility index (Phi) is 4.18. The van der Waals surface area contributed by atoms with Gasteiger partial charge in [-0.05, 0) is 5.92 Å². The van der Waals surface area contributed by atoms with Crippen LogP contribution >= 0.6 is 11.8 Å². The molecule has 1 atom stereocenters. The molecule has 0 aliphatic rings. The molecule has 0 saturated carbocycles. The van der Waals surface area contributed by atoms with Crippen LogP contribution < -0.4 is 5.73 Å². The van der Waals surface area contributed by atoms with Crippen LogP contribution in [-0.2, 0) is 0 Å². The van der Waals surface area contributed by atoms with Gasteiger partial charge in [-0.3, -0.25) is 4.98 Å². The molecule has 1 aromatic heterocycles. The molecule has 0 saturated heterocycles. The molecule has 0 aromatic carbocycles. The van der Waals surface area contributed by atoms with Gasteiger partial charge in [-0.2, -0.15) is 0 Å². The zero-order valence-corrected chi connectivity index (χ0v) is 8.79. The van der Waals surface area contributed by atoms with Gasteiger partial charge in [0, 0.05) is 24.2 Å². The van der Waals surface area contributed by atoms with Crippen molar-refractivity contribution in [3.63, 3.8) is 0 Å². The number of hydrogen-bond acceptors (Lipinski definition) is 4. The van der Waals surface area contributed by atoms with Gasteiger partial charge in [0.05, 0.1) is 6.20 Å². The molecule has 0 amide bonds. The van der Waals surface area contributed by atoms with E-state index in [1.165, 1.54) is 0 Å². The lowest BCUT2D eigenvalue weighted by Gasteiger charge is -2.13. The fourth-order valence-electron chi connectivity index (χ4n) is 0.734. The Morgan fingerprint density at radius 2 is 2.23 bits per heavy atom. The van der Waals surface area contributed by atoms with Crippen molar-refractivity contribution in [3.05, 3.63) is 18.6 Å². The summed E-state index contributed by atoms with van der Waals surface area (Å²) in [5.74, 6) is 1.42. The van der Waals surface area contributed by atoms with E-state index in [1.54, 1.807) is 30.4 Å². The first-order valence-electron chi connectivity index (χ1n) is 4.34. The van der Waals surface area contributed by atoms with Crippen LogP contribution in [0.25, 0.3) is 0 Å². The second-order valence-electron chi connectivity index (χ2n) is 3.26. The minimum atomic E-state index is 0.229. The van der Waals surface area contributed by atoms with Crippen molar-refractivity contribution in [2.24, 2.45) is 11.7 Å². The first kappa shape index (κ1) is 10.5. The quantitative estimate of drug-likeness (QED) is 0.744. The average molecular weight is 197 g/mol. The highest BCUT2D eigenvalue weighted by Gasteiger charge is 2.07. The molecular formula is C9H15N3S. The zero-order valence-electron chi connectivity index (χ0n) is 7.97. The van der Waals surface area contributed by atoms with E-state index in [-0.39, 0.29) is 6.04 Å². The first-order valence-corrected chi connectivity index (χ1v) is 5.33. The van der Waals surface area contributed by atoms with E-state index in [4.69, 9.17) is 5.73 Å². The predicted molar refractivity (Wildman–Crippen MR) is 55.6 cm³/mol. The van der Waals surface area contributed by atoms with Gasteiger partial charge in [0.1, 0.15) is 5.03 Å². The van der Waals surface area contributed by atoms with Gasteiger partial charge < -0.3 is 5.73 Å². The topological polar surface area (TPSA) is 51.8 Å². The van der Waals surface area contributed by atoms with E-state index in [9.17, 15) is 0 Å². The highest BCUT2D eigenvalue weighted by atomic mass is 32.2. The Hall–Kier alpha value is -0.610. The first-order chi connectivity index (χ1) is 6.20. The summed E-state index contributed by atoms with van der Waals surface area (Å²) in [7, 11) is 0. The number of nitrogens with zero attached hydrogens (tertiary/aromatic N) is 2. The summed E-state index contributed by atoms with van der Waals surface area (Å²) >= 11 is 1.66. The molecule has 1 rings (SSSR count). The normalized spacial score (nSPS) is 13.2. The monoisotopic (exact) mass is 197 g/mol. The Morgan fingerprint density at radius 3 is 2.77 bits per heavy atom. The molecule has 0 fully saturated rings. The molecule has 0 aliphatic carbocycles. The smallest absolute Gasteiger partial charge is 0.114 e. The molecule has 72 valence electrons. The van der Waals surface area contributed by atoms with Crippen molar-refractivity contribution < 1.29 is 0 Å². The molecule has 2 N–H and O–H groups in total. The standard InChI is InChI=1S/C9H15N3S/c1-7(2)8(10)6-13-9-5-11-3-4-12-9/h3-5,7-8H,6,10H2,1-2H3. The molecule has 0 spiro atoms. The van der Waals surface area contributed by atoms with Gasteiger partial charge in [-0.1, -0.05) is 13.8 Å².